The van der Waals surface area contributed by atoms with Gasteiger partial charge in [-0.25, -0.2) is 9.59 Å². The Morgan fingerprint density at radius 2 is 1.81 bits per heavy atom. The topological polar surface area (TPSA) is 75.0 Å². The molecular formula is C11H12N2O3. The second kappa shape index (κ2) is 5.55. The molecule has 0 aliphatic rings. The number of H-pyrrole nitrogens is 2. The van der Waals surface area contributed by atoms with Crippen LogP contribution in [0.25, 0.3) is 11.0 Å². The van der Waals surface area contributed by atoms with E-state index in [2.05, 4.69) is 21.3 Å². The maximum absolute atomic E-state index is 10.7. The van der Waals surface area contributed by atoms with Crippen LogP contribution in [0, 0.1) is 0 Å². The van der Waals surface area contributed by atoms with Crippen molar-refractivity contribution in [3.8, 4) is 0 Å². The van der Waals surface area contributed by atoms with Gasteiger partial charge in [0.1, 0.15) is 0 Å². The molecule has 2 aromatic rings. The molecule has 1 aromatic carbocycles. The van der Waals surface area contributed by atoms with E-state index in [0.717, 1.165) is 17.1 Å². The summed E-state index contributed by atoms with van der Waals surface area (Å²) in [5.74, 6) is -0.394. The van der Waals surface area contributed by atoms with Crippen LogP contribution >= 0.6 is 0 Å². The number of nitrogens with one attached hydrogen (secondary N) is 2. The number of aromatic nitrogens is 2. The molecule has 2 N–H and O–H groups in total. The first kappa shape index (κ1) is 11.8. The molecule has 5 nitrogen and oxygen atoms in total. The van der Waals surface area contributed by atoms with Crippen LogP contribution < -0.4 is 5.69 Å². The summed E-state index contributed by atoms with van der Waals surface area (Å²) in [6.07, 6.45) is 1.11. The summed E-state index contributed by atoms with van der Waals surface area (Å²) in [7, 11) is 1.31. The van der Waals surface area contributed by atoms with Gasteiger partial charge in [0, 0.05) is 6.08 Å². The summed E-state index contributed by atoms with van der Waals surface area (Å²) in [5, 5.41) is 0. The first-order valence-corrected chi connectivity index (χ1v) is 4.54. The average molecular weight is 220 g/mol. The van der Waals surface area contributed by atoms with E-state index in [1.54, 1.807) is 0 Å². The molecule has 2 rings (SSSR count). The molecule has 0 bridgehead atoms. The van der Waals surface area contributed by atoms with Gasteiger partial charge in [-0.15, -0.1) is 0 Å². The van der Waals surface area contributed by atoms with Crippen molar-refractivity contribution in [1.82, 2.24) is 9.97 Å². The summed E-state index contributed by atoms with van der Waals surface area (Å²) in [5.41, 5.74) is 1.56. The van der Waals surface area contributed by atoms with Gasteiger partial charge in [0.15, 0.2) is 0 Å². The highest BCUT2D eigenvalue weighted by Gasteiger charge is 1.92. The van der Waals surface area contributed by atoms with Crippen LogP contribution in [-0.4, -0.2) is 23.0 Å². The highest BCUT2D eigenvalue weighted by molar-refractivity contribution is 5.80. The Bertz CT molecular complexity index is 503. The van der Waals surface area contributed by atoms with Crippen molar-refractivity contribution in [2.75, 3.05) is 7.11 Å². The van der Waals surface area contributed by atoms with E-state index in [1.807, 2.05) is 24.3 Å². The van der Waals surface area contributed by atoms with Crippen LogP contribution in [0.3, 0.4) is 0 Å². The molecule has 16 heavy (non-hydrogen) atoms. The maximum atomic E-state index is 10.7. The van der Waals surface area contributed by atoms with E-state index in [-0.39, 0.29) is 5.69 Å². The Labute approximate surface area is 91.8 Å². The minimum absolute atomic E-state index is 0.152. The lowest BCUT2D eigenvalue weighted by molar-refractivity contribution is -0.134. The van der Waals surface area contributed by atoms with Crippen molar-refractivity contribution in [3.63, 3.8) is 0 Å². The number of fused-ring (bicyclic) bond motifs is 1. The quantitative estimate of drug-likeness (QED) is 0.560. The molecule has 0 atom stereocenters. The number of hydrogen-bond donors (Lipinski definition) is 2. The number of esters is 1. The summed E-state index contributed by atoms with van der Waals surface area (Å²) < 4.78 is 4.14. The number of methoxy groups -OCH3 is 1. The molecular weight excluding hydrogens is 208 g/mol. The van der Waals surface area contributed by atoms with Crippen molar-refractivity contribution in [1.29, 1.82) is 0 Å². The molecule has 84 valence electrons. The van der Waals surface area contributed by atoms with Crippen molar-refractivity contribution >= 4 is 17.0 Å². The molecule has 0 fully saturated rings. The molecule has 0 spiro atoms. The van der Waals surface area contributed by atoms with Gasteiger partial charge >= 0.3 is 11.7 Å². The number of carbonyl (C=O) groups excluding carboxylic acids is 1. The van der Waals surface area contributed by atoms with Crippen LogP contribution in [0.2, 0.25) is 0 Å². The number of rotatable bonds is 1. The van der Waals surface area contributed by atoms with Crippen LogP contribution in [0.1, 0.15) is 0 Å². The Morgan fingerprint density at radius 1 is 1.31 bits per heavy atom. The highest BCUT2D eigenvalue weighted by atomic mass is 16.5. The first-order chi connectivity index (χ1) is 7.67. The van der Waals surface area contributed by atoms with E-state index in [1.165, 1.54) is 7.11 Å². The zero-order chi connectivity index (χ0) is 12.0. The lowest BCUT2D eigenvalue weighted by Gasteiger charge is -1.83. The smallest absolute Gasteiger partial charge is 0.329 e. The number of ether oxygens (including phenoxy) is 1. The number of aromatic amines is 2. The molecule has 0 amide bonds. The third-order valence-electron chi connectivity index (χ3n) is 1.79. The second-order valence-electron chi connectivity index (χ2n) is 2.85. The number of imidazole rings is 1. The predicted octanol–water partition coefficient (Wildman–Crippen LogP) is 1.20. The zero-order valence-corrected chi connectivity index (χ0v) is 8.82. The molecule has 0 unspecified atom stereocenters. The molecule has 0 aliphatic carbocycles. The highest BCUT2D eigenvalue weighted by Crippen LogP contribution is 2.03. The van der Waals surface area contributed by atoms with Gasteiger partial charge in [-0.1, -0.05) is 18.7 Å². The third kappa shape index (κ3) is 3.13. The standard InChI is InChI=1S/C7H6N2O.C4H6O2/c10-7-8-5-3-1-2-4-6(5)9-7;1-3-4(5)6-2/h1-4H,(H2,8,9,10);3H,1H2,2H3. The molecule has 0 radical (unpaired) electrons. The second-order valence-corrected chi connectivity index (χ2v) is 2.85. The summed E-state index contributed by atoms with van der Waals surface area (Å²) in [4.78, 5) is 25.8. The van der Waals surface area contributed by atoms with Gasteiger partial charge in [-0.3, -0.25) is 0 Å². The number of hydrogen-bond acceptors (Lipinski definition) is 3. The fraction of sp³-hybridized carbons (Fsp3) is 0.0909. The SMILES string of the molecule is C=CC(=O)OC.O=c1[nH]c2ccccc2[nH]1. The molecule has 0 aliphatic heterocycles. The number of para-hydroxylation sites is 2. The first-order valence-electron chi connectivity index (χ1n) is 4.54. The molecule has 1 heterocycles. The Morgan fingerprint density at radius 3 is 2.12 bits per heavy atom. The van der Waals surface area contributed by atoms with Crippen molar-refractivity contribution < 1.29 is 9.53 Å². The predicted molar refractivity (Wildman–Crippen MR) is 61.1 cm³/mol. The van der Waals surface area contributed by atoms with Gasteiger partial charge in [-0.05, 0) is 12.1 Å². The summed E-state index contributed by atoms with van der Waals surface area (Å²) >= 11 is 0. The monoisotopic (exact) mass is 220 g/mol. The number of benzene rings is 1. The Kier molecular flexibility index (Phi) is 4.08. The zero-order valence-electron chi connectivity index (χ0n) is 8.82. The molecule has 5 heteroatoms. The Balaban J connectivity index is 0.000000187. The molecule has 0 saturated heterocycles. The number of carbonyl (C=O) groups is 1. The van der Waals surface area contributed by atoms with Crippen LogP contribution in [0.5, 0.6) is 0 Å². The van der Waals surface area contributed by atoms with Crippen LogP contribution in [0.15, 0.2) is 41.7 Å². The van der Waals surface area contributed by atoms with Gasteiger partial charge in [-0.2, -0.15) is 0 Å². The van der Waals surface area contributed by atoms with Crippen LogP contribution in [-0.2, 0) is 9.53 Å². The van der Waals surface area contributed by atoms with Gasteiger partial charge in [0.05, 0.1) is 18.1 Å². The fourth-order valence-corrected chi connectivity index (χ4v) is 1.06. The van der Waals surface area contributed by atoms with Crippen LogP contribution in [0.4, 0.5) is 0 Å². The summed E-state index contributed by atoms with van der Waals surface area (Å²) in [6.45, 7) is 3.16. The van der Waals surface area contributed by atoms with Crippen molar-refractivity contribution in [2.24, 2.45) is 0 Å². The van der Waals surface area contributed by atoms with E-state index in [4.69, 9.17) is 0 Å². The molecule has 0 saturated carbocycles. The maximum Gasteiger partial charge on any atom is 0.329 e. The van der Waals surface area contributed by atoms with Gasteiger partial charge < -0.3 is 14.7 Å². The van der Waals surface area contributed by atoms with Gasteiger partial charge in [0.2, 0.25) is 0 Å². The summed E-state index contributed by atoms with van der Waals surface area (Å²) in [6, 6.07) is 7.47. The van der Waals surface area contributed by atoms with E-state index < -0.39 is 5.97 Å². The average Bonchev–Trinajstić information content (AvgIpc) is 2.68. The van der Waals surface area contributed by atoms with E-state index >= 15 is 0 Å². The van der Waals surface area contributed by atoms with E-state index in [0.29, 0.717) is 0 Å². The normalized spacial score (nSPS) is 9.06. The van der Waals surface area contributed by atoms with Gasteiger partial charge in [0.25, 0.3) is 0 Å². The lowest BCUT2D eigenvalue weighted by atomic mass is 10.3. The Hall–Kier alpha value is -2.30. The largest absolute Gasteiger partial charge is 0.466 e. The van der Waals surface area contributed by atoms with E-state index in [9.17, 15) is 9.59 Å². The van der Waals surface area contributed by atoms with Crippen molar-refractivity contribution in [2.45, 2.75) is 0 Å². The minimum atomic E-state index is -0.394. The fourth-order valence-electron chi connectivity index (χ4n) is 1.06. The van der Waals surface area contributed by atoms with Crippen molar-refractivity contribution in [3.05, 3.63) is 47.4 Å². The minimum Gasteiger partial charge on any atom is -0.466 e. The lowest BCUT2D eigenvalue weighted by Crippen LogP contribution is -1.99. The molecule has 1 aromatic heterocycles. The third-order valence-corrected chi connectivity index (χ3v) is 1.79.